The summed E-state index contributed by atoms with van der Waals surface area (Å²) in [5.41, 5.74) is 0. The average Bonchev–Trinajstić information content (AvgIpc) is 1.87. The summed E-state index contributed by atoms with van der Waals surface area (Å²) in [4.78, 5) is 12.4. The minimum Gasteiger partial charge on any atom is -0.461 e. The maximum absolute atomic E-state index is 10.4. The van der Waals surface area contributed by atoms with E-state index in [0.717, 1.165) is 12.6 Å². The number of ether oxygens (including phenoxy) is 1. The molecule has 74 valence electrons. The Bertz CT molecular complexity index is 128. The van der Waals surface area contributed by atoms with Crippen LogP contribution in [0.3, 0.4) is 0 Å². The number of hydrogen-bond donors (Lipinski definition) is 0. The van der Waals surface area contributed by atoms with Gasteiger partial charge >= 0.3 is 5.97 Å². The zero-order valence-electron chi connectivity index (χ0n) is 7.37. The minimum absolute atomic E-state index is 0. The number of likely N-dealkylation sites (N-methyl/N-ethyl adjacent to an activating group) is 1. The van der Waals surface area contributed by atoms with Crippen LogP contribution in [0.5, 0.6) is 0 Å². The molecule has 0 bridgehead atoms. The molecule has 0 rings (SSSR count). The minimum atomic E-state index is -0.359. The van der Waals surface area contributed by atoms with Crippen molar-refractivity contribution in [3.63, 3.8) is 0 Å². The normalized spacial score (nSPS) is 7.92. The van der Waals surface area contributed by atoms with Crippen LogP contribution in [-0.4, -0.2) is 43.6 Å². The molecule has 0 saturated carbocycles. The molecular weight excluding hydrogens is 182 g/mol. The molecule has 5 heteroatoms. The van der Waals surface area contributed by atoms with Gasteiger partial charge in [0.25, 0.3) is 0 Å². The van der Waals surface area contributed by atoms with E-state index in [-0.39, 0.29) is 23.9 Å². The van der Waals surface area contributed by atoms with E-state index in [2.05, 4.69) is 6.58 Å². The third-order valence-electron chi connectivity index (χ3n) is 0.949. The van der Waals surface area contributed by atoms with Crippen LogP contribution in [0.1, 0.15) is 0 Å². The molecule has 0 unspecified atom stereocenters. The fraction of sp³-hybridized carbons (Fsp3) is 0.571. The smallest absolute Gasteiger partial charge is 0.330 e. The van der Waals surface area contributed by atoms with Crippen LogP contribution in [-0.2, 0) is 9.53 Å². The lowest BCUT2D eigenvalue weighted by Crippen LogP contribution is -2.19. The van der Waals surface area contributed by atoms with Gasteiger partial charge in [0.05, 0.1) is 0 Å². The van der Waals surface area contributed by atoms with Gasteiger partial charge in [-0.3, -0.25) is 0 Å². The molecule has 0 aromatic rings. The number of carbonyl (C=O) groups is 1. The number of halogens is 1. The second kappa shape index (κ2) is 10.4. The van der Waals surface area contributed by atoms with Crippen LogP contribution in [0.2, 0.25) is 0 Å². The zero-order valence-corrected chi connectivity index (χ0v) is 8.19. The molecule has 0 spiro atoms. The van der Waals surface area contributed by atoms with Gasteiger partial charge in [-0.1, -0.05) is 6.58 Å². The zero-order chi connectivity index (χ0) is 7.98. The van der Waals surface area contributed by atoms with Gasteiger partial charge in [-0.25, -0.2) is 4.79 Å². The molecule has 4 nitrogen and oxygen atoms in total. The highest BCUT2D eigenvalue weighted by Crippen LogP contribution is 1.80. The third-order valence-corrected chi connectivity index (χ3v) is 0.949. The third kappa shape index (κ3) is 12.1. The van der Waals surface area contributed by atoms with Gasteiger partial charge in [-0.15, -0.1) is 12.4 Å². The summed E-state index contributed by atoms with van der Waals surface area (Å²) >= 11 is 0. The van der Waals surface area contributed by atoms with Gasteiger partial charge in [0.2, 0.25) is 0 Å². The summed E-state index contributed by atoms with van der Waals surface area (Å²) in [7, 11) is 3.84. The molecule has 0 atom stereocenters. The Morgan fingerprint density at radius 1 is 1.58 bits per heavy atom. The van der Waals surface area contributed by atoms with E-state index < -0.39 is 0 Å². The SMILES string of the molecule is C=CC(=O)OCCN(C)C.Cl.O. The predicted molar refractivity (Wildman–Crippen MR) is 50.6 cm³/mol. The van der Waals surface area contributed by atoms with Crippen molar-refractivity contribution in [1.29, 1.82) is 0 Å². The topological polar surface area (TPSA) is 61.0 Å². The highest BCUT2D eigenvalue weighted by molar-refractivity contribution is 5.85. The van der Waals surface area contributed by atoms with Crippen molar-refractivity contribution in [3.8, 4) is 0 Å². The van der Waals surface area contributed by atoms with E-state index in [1.807, 2.05) is 19.0 Å². The van der Waals surface area contributed by atoms with Gasteiger partial charge in [-0.2, -0.15) is 0 Å². The van der Waals surface area contributed by atoms with E-state index in [4.69, 9.17) is 4.74 Å². The summed E-state index contributed by atoms with van der Waals surface area (Å²) in [5, 5.41) is 0. The largest absolute Gasteiger partial charge is 0.461 e. The van der Waals surface area contributed by atoms with Gasteiger partial charge in [0, 0.05) is 12.6 Å². The van der Waals surface area contributed by atoms with Gasteiger partial charge in [0.15, 0.2) is 0 Å². The molecule has 0 aromatic heterocycles. The average molecular weight is 198 g/mol. The monoisotopic (exact) mass is 197 g/mol. The first kappa shape index (κ1) is 17.5. The fourth-order valence-corrected chi connectivity index (χ4v) is 0.388. The first-order chi connectivity index (χ1) is 4.66. The van der Waals surface area contributed by atoms with Gasteiger partial charge < -0.3 is 15.1 Å². The summed E-state index contributed by atoms with van der Waals surface area (Å²) in [5.74, 6) is -0.359. The second-order valence-corrected chi connectivity index (χ2v) is 2.17. The molecule has 0 saturated heterocycles. The highest BCUT2D eigenvalue weighted by atomic mass is 35.5. The van der Waals surface area contributed by atoms with Crippen LogP contribution >= 0.6 is 12.4 Å². The fourth-order valence-electron chi connectivity index (χ4n) is 0.388. The van der Waals surface area contributed by atoms with Crippen molar-refractivity contribution in [2.45, 2.75) is 0 Å². The molecule has 0 fully saturated rings. The Balaban J connectivity index is -0.000000405. The molecule has 0 heterocycles. The van der Waals surface area contributed by atoms with Crippen molar-refractivity contribution in [2.75, 3.05) is 27.2 Å². The Hall–Kier alpha value is -0.580. The molecule has 0 aliphatic rings. The van der Waals surface area contributed by atoms with Crippen LogP contribution < -0.4 is 0 Å². The lowest BCUT2D eigenvalue weighted by atomic mass is 10.6. The summed E-state index contributed by atoms with van der Waals surface area (Å²) in [6.07, 6.45) is 1.16. The van der Waals surface area contributed by atoms with E-state index in [0.29, 0.717) is 6.61 Å². The maximum atomic E-state index is 10.4. The van der Waals surface area contributed by atoms with Crippen LogP contribution in [0.15, 0.2) is 12.7 Å². The van der Waals surface area contributed by atoms with E-state index in [9.17, 15) is 4.79 Å². The highest BCUT2D eigenvalue weighted by Gasteiger charge is 1.94. The standard InChI is InChI=1S/C7H13NO2.ClH.H2O/c1-4-7(9)10-6-5-8(2)3;;/h4H,1,5-6H2,2-3H3;1H;1H2. The molecule has 0 aliphatic carbocycles. The molecule has 0 amide bonds. The summed E-state index contributed by atoms with van der Waals surface area (Å²) in [6.45, 7) is 4.45. The number of rotatable bonds is 4. The summed E-state index contributed by atoms with van der Waals surface area (Å²) < 4.78 is 4.70. The van der Waals surface area contributed by atoms with Crippen molar-refractivity contribution >= 4 is 18.4 Å². The van der Waals surface area contributed by atoms with Crippen molar-refractivity contribution in [3.05, 3.63) is 12.7 Å². The van der Waals surface area contributed by atoms with E-state index in [1.54, 1.807) is 0 Å². The lowest BCUT2D eigenvalue weighted by Gasteiger charge is -2.07. The first-order valence-corrected chi connectivity index (χ1v) is 3.10. The Kier molecular flexibility index (Phi) is 15.2. The Morgan fingerprint density at radius 2 is 2.08 bits per heavy atom. The van der Waals surface area contributed by atoms with Crippen LogP contribution in [0.4, 0.5) is 0 Å². The Morgan fingerprint density at radius 3 is 2.42 bits per heavy atom. The molecule has 0 aromatic carbocycles. The maximum Gasteiger partial charge on any atom is 0.330 e. The summed E-state index contributed by atoms with van der Waals surface area (Å²) in [6, 6.07) is 0. The van der Waals surface area contributed by atoms with Crippen molar-refractivity contribution in [1.82, 2.24) is 4.90 Å². The van der Waals surface area contributed by atoms with E-state index in [1.165, 1.54) is 0 Å². The quantitative estimate of drug-likeness (QED) is 0.466. The van der Waals surface area contributed by atoms with Crippen molar-refractivity contribution < 1.29 is 15.0 Å². The van der Waals surface area contributed by atoms with Crippen LogP contribution in [0.25, 0.3) is 0 Å². The predicted octanol–water partition coefficient (Wildman–Crippen LogP) is -0.126. The Labute approximate surface area is 78.9 Å². The lowest BCUT2D eigenvalue weighted by molar-refractivity contribution is -0.137. The molecule has 12 heavy (non-hydrogen) atoms. The number of carbonyl (C=O) groups excluding carboxylic acids is 1. The molecule has 2 N–H and O–H groups in total. The van der Waals surface area contributed by atoms with Crippen LogP contribution in [0, 0.1) is 0 Å². The number of esters is 1. The number of nitrogens with zero attached hydrogens (tertiary/aromatic N) is 1. The molecule has 0 radical (unpaired) electrons. The first-order valence-electron chi connectivity index (χ1n) is 3.10. The van der Waals surface area contributed by atoms with E-state index >= 15 is 0 Å². The molecular formula is C7H16ClNO3. The van der Waals surface area contributed by atoms with Gasteiger partial charge in [0.1, 0.15) is 6.61 Å². The molecule has 0 aliphatic heterocycles. The van der Waals surface area contributed by atoms with Crippen molar-refractivity contribution in [2.24, 2.45) is 0 Å². The number of hydrogen-bond acceptors (Lipinski definition) is 3. The second-order valence-electron chi connectivity index (χ2n) is 2.17. The van der Waals surface area contributed by atoms with Gasteiger partial charge in [-0.05, 0) is 14.1 Å².